The van der Waals surface area contributed by atoms with E-state index in [2.05, 4.69) is 86.8 Å². The maximum atomic E-state index is 12.7. The molecule has 0 aromatic heterocycles. The van der Waals surface area contributed by atoms with E-state index in [9.17, 15) is 25.2 Å². The van der Waals surface area contributed by atoms with Gasteiger partial charge in [-0.1, -0.05) is 112 Å². The van der Waals surface area contributed by atoms with Crippen molar-refractivity contribution < 1.29 is 44.2 Å². The molecule has 0 saturated carbocycles. The average Bonchev–Trinajstić information content (AvgIpc) is 3.13. The largest absolute Gasteiger partial charge is 0.457 e. The summed E-state index contributed by atoms with van der Waals surface area (Å²) in [5, 5.41) is 39.9. The topological polar surface area (TPSA) is 135 Å². The highest BCUT2D eigenvalue weighted by Gasteiger charge is 2.44. The number of esters is 1. The van der Waals surface area contributed by atoms with Crippen LogP contribution < -0.4 is 0 Å². The first-order chi connectivity index (χ1) is 24.9. The van der Waals surface area contributed by atoms with Crippen molar-refractivity contribution in [2.75, 3.05) is 26.4 Å². The molecule has 1 saturated heterocycles. The summed E-state index contributed by atoms with van der Waals surface area (Å²) in [6.07, 6.45) is 35.1. The zero-order valence-corrected chi connectivity index (χ0v) is 31.6. The highest BCUT2D eigenvalue weighted by molar-refractivity contribution is 5.69. The number of carbonyl (C=O) groups excluding carboxylic acids is 1. The van der Waals surface area contributed by atoms with Crippen LogP contribution in [0.1, 0.15) is 123 Å². The van der Waals surface area contributed by atoms with Crippen molar-refractivity contribution in [1.82, 2.24) is 0 Å². The third kappa shape index (κ3) is 25.3. The molecule has 0 bridgehead atoms. The van der Waals surface area contributed by atoms with E-state index in [1.165, 1.54) is 6.42 Å². The Morgan fingerprint density at radius 2 is 1.20 bits per heavy atom. The Labute approximate surface area is 308 Å². The normalized spacial score (nSPS) is 22.2. The first kappa shape index (κ1) is 46.7. The Kier molecular flexibility index (Phi) is 30.6. The molecule has 1 fully saturated rings. The van der Waals surface area contributed by atoms with Crippen molar-refractivity contribution in [2.45, 2.75) is 160 Å². The van der Waals surface area contributed by atoms with Crippen LogP contribution in [0.15, 0.2) is 72.9 Å². The van der Waals surface area contributed by atoms with Crippen LogP contribution in [0.25, 0.3) is 0 Å². The summed E-state index contributed by atoms with van der Waals surface area (Å²) in [6, 6.07) is 0. The van der Waals surface area contributed by atoms with E-state index in [0.717, 1.165) is 96.3 Å². The van der Waals surface area contributed by atoms with E-state index in [-0.39, 0.29) is 19.2 Å². The van der Waals surface area contributed by atoms with Gasteiger partial charge in [0.15, 0.2) is 6.29 Å². The molecule has 0 aromatic rings. The quantitative estimate of drug-likeness (QED) is 0.0323. The lowest BCUT2D eigenvalue weighted by molar-refractivity contribution is -0.305. The molecule has 9 nitrogen and oxygen atoms in total. The second-order valence-corrected chi connectivity index (χ2v) is 13.0. The first-order valence-corrected chi connectivity index (χ1v) is 19.5. The van der Waals surface area contributed by atoms with Gasteiger partial charge in [0.1, 0.15) is 30.5 Å². The van der Waals surface area contributed by atoms with Crippen LogP contribution in [-0.4, -0.2) is 89.6 Å². The number of rotatable bonds is 31. The fourth-order valence-electron chi connectivity index (χ4n) is 5.28. The first-order valence-electron chi connectivity index (χ1n) is 19.5. The zero-order chi connectivity index (χ0) is 37.2. The lowest BCUT2D eigenvalue weighted by atomic mass is 9.99. The molecule has 1 rings (SSSR count). The molecule has 0 spiro atoms. The molecule has 0 radical (unpaired) electrons. The molecule has 0 aromatic carbocycles. The minimum Gasteiger partial charge on any atom is -0.457 e. The van der Waals surface area contributed by atoms with Crippen LogP contribution in [0.3, 0.4) is 0 Å². The van der Waals surface area contributed by atoms with Gasteiger partial charge in [0, 0.05) is 13.0 Å². The number of hydrogen-bond acceptors (Lipinski definition) is 9. The van der Waals surface area contributed by atoms with Gasteiger partial charge in [0.05, 0.1) is 19.8 Å². The van der Waals surface area contributed by atoms with Crippen molar-refractivity contribution in [3.63, 3.8) is 0 Å². The summed E-state index contributed by atoms with van der Waals surface area (Å²) < 4.78 is 22.6. The molecular formula is C42H70O9. The van der Waals surface area contributed by atoms with Crippen LogP contribution in [0.4, 0.5) is 0 Å². The van der Waals surface area contributed by atoms with Gasteiger partial charge in [-0.2, -0.15) is 0 Å². The summed E-state index contributed by atoms with van der Waals surface area (Å²) in [5.41, 5.74) is 0. The molecule has 1 aliphatic rings. The van der Waals surface area contributed by atoms with Gasteiger partial charge in [-0.15, -0.1) is 0 Å². The molecule has 9 heteroatoms. The minimum atomic E-state index is -1.55. The average molecular weight is 719 g/mol. The second-order valence-electron chi connectivity index (χ2n) is 13.0. The molecule has 292 valence electrons. The van der Waals surface area contributed by atoms with Gasteiger partial charge >= 0.3 is 5.97 Å². The van der Waals surface area contributed by atoms with Crippen molar-refractivity contribution in [3.8, 4) is 0 Å². The third-order valence-corrected chi connectivity index (χ3v) is 8.34. The van der Waals surface area contributed by atoms with E-state index in [1.807, 2.05) is 0 Å². The van der Waals surface area contributed by atoms with Crippen molar-refractivity contribution >= 4 is 5.97 Å². The maximum absolute atomic E-state index is 12.7. The number of carbonyl (C=O) groups is 1. The van der Waals surface area contributed by atoms with Gasteiger partial charge < -0.3 is 39.4 Å². The second kappa shape index (κ2) is 33.5. The van der Waals surface area contributed by atoms with Gasteiger partial charge in [-0.3, -0.25) is 4.79 Å². The highest BCUT2D eigenvalue weighted by atomic mass is 16.7. The van der Waals surface area contributed by atoms with E-state index >= 15 is 0 Å². The standard InChI is InChI=1S/C42H70O9/c1-3-5-7-9-11-13-15-16-17-18-19-20-21-22-24-26-28-30-32-48-34-36(35-49-42-41(47)40(46)39(45)37(33-43)51-42)50-38(44)31-29-27-25-23-14-12-10-8-6-4-2/h5,7-8,10-11,13,16-17,19-20,22,24,36-37,39-43,45-47H,3-4,6,9,12,14-15,18,21,23,25-35H2,1-2H3/b7-5-,10-8-,13-11-,17-16-,20-19-,24-22-. The summed E-state index contributed by atoms with van der Waals surface area (Å²) in [5.74, 6) is -0.345. The molecule has 6 unspecified atom stereocenters. The van der Waals surface area contributed by atoms with E-state index < -0.39 is 43.4 Å². The van der Waals surface area contributed by atoms with Crippen LogP contribution in [0.5, 0.6) is 0 Å². The lowest BCUT2D eigenvalue weighted by Crippen LogP contribution is -2.59. The number of aliphatic hydroxyl groups excluding tert-OH is 4. The number of aliphatic hydroxyl groups is 4. The molecule has 1 aliphatic heterocycles. The number of unbranched alkanes of at least 4 members (excludes halogenated alkanes) is 8. The molecular weight excluding hydrogens is 648 g/mol. The smallest absolute Gasteiger partial charge is 0.306 e. The minimum absolute atomic E-state index is 0.108. The Morgan fingerprint density at radius 3 is 1.82 bits per heavy atom. The van der Waals surface area contributed by atoms with Crippen LogP contribution in [-0.2, 0) is 23.7 Å². The van der Waals surface area contributed by atoms with Crippen LogP contribution in [0.2, 0.25) is 0 Å². The van der Waals surface area contributed by atoms with E-state index in [4.69, 9.17) is 18.9 Å². The zero-order valence-electron chi connectivity index (χ0n) is 31.6. The predicted octanol–water partition coefficient (Wildman–Crippen LogP) is 7.74. The van der Waals surface area contributed by atoms with Gasteiger partial charge in [-0.25, -0.2) is 0 Å². The Balaban J connectivity index is 2.36. The molecule has 0 amide bonds. The fraction of sp³-hybridized carbons (Fsp3) is 0.690. The molecule has 4 N–H and O–H groups in total. The third-order valence-electron chi connectivity index (χ3n) is 8.34. The monoisotopic (exact) mass is 719 g/mol. The van der Waals surface area contributed by atoms with E-state index in [1.54, 1.807) is 0 Å². The summed E-state index contributed by atoms with van der Waals surface area (Å²) >= 11 is 0. The Bertz CT molecular complexity index is 1000. The lowest BCUT2D eigenvalue weighted by Gasteiger charge is -2.39. The van der Waals surface area contributed by atoms with Crippen LogP contribution in [0, 0.1) is 0 Å². The van der Waals surface area contributed by atoms with Crippen molar-refractivity contribution in [3.05, 3.63) is 72.9 Å². The van der Waals surface area contributed by atoms with Crippen molar-refractivity contribution in [1.29, 1.82) is 0 Å². The fourth-order valence-corrected chi connectivity index (χ4v) is 5.28. The number of ether oxygens (including phenoxy) is 4. The SMILES string of the molecule is CC/C=C\C/C=C\C/C=C\C/C=C\C/C=C\CCCCOCC(COC1OC(CO)C(O)C(O)C1O)OC(=O)CCCCCCC/C=C\CCC. The number of hydrogen-bond donors (Lipinski definition) is 4. The van der Waals surface area contributed by atoms with E-state index in [0.29, 0.717) is 13.0 Å². The molecule has 51 heavy (non-hydrogen) atoms. The Hall–Kier alpha value is -2.37. The van der Waals surface area contributed by atoms with Gasteiger partial charge in [0.25, 0.3) is 0 Å². The summed E-state index contributed by atoms with van der Waals surface area (Å²) in [7, 11) is 0. The maximum Gasteiger partial charge on any atom is 0.306 e. The van der Waals surface area contributed by atoms with Gasteiger partial charge in [-0.05, 0) is 77.0 Å². The summed E-state index contributed by atoms with van der Waals surface area (Å²) in [4.78, 5) is 12.7. The van der Waals surface area contributed by atoms with Crippen LogP contribution >= 0.6 is 0 Å². The molecule has 6 atom stereocenters. The molecule has 0 aliphatic carbocycles. The van der Waals surface area contributed by atoms with Crippen molar-refractivity contribution in [2.24, 2.45) is 0 Å². The highest BCUT2D eigenvalue weighted by Crippen LogP contribution is 2.22. The molecule has 1 heterocycles. The van der Waals surface area contributed by atoms with Gasteiger partial charge in [0.2, 0.25) is 0 Å². The summed E-state index contributed by atoms with van der Waals surface area (Å²) in [6.45, 7) is 4.22. The predicted molar refractivity (Wildman–Crippen MR) is 205 cm³/mol. The Morgan fingerprint density at radius 1 is 0.647 bits per heavy atom. The number of allylic oxidation sites excluding steroid dienone is 12.